The molecule has 0 aliphatic heterocycles. The summed E-state index contributed by atoms with van der Waals surface area (Å²) in [4.78, 5) is 9.16. The Hall–Kier alpha value is -5.60. The monoisotopic (exact) mass is 548 g/mol. The maximum atomic E-state index is 4.90. The Bertz CT molecular complexity index is 2230. The van der Waals surface area contributed by atoms with E-state index in [2.05, 4.69) is 139 Å². The van der Waals surface area contributed by atoms with Crippen LogP contribution in [0.1, 0.15) is 5.56 Å². The molecule has 0 amide bonds. The Morgan fingerprint density at radius 2 is 1.07 bits per heavy atom. The highest BCUT2D eigenvalue weighted by atomic mass is 14.7. The molecule has 0 bridgehead atoms. The number of nitrogens with zero attached hydrogens (tertiary/aromatic N) is 2. The SMILES string of the molecule is Cc1c(-c2ccc(-c3cccnc3)cn2)cccc1-c1c2ccccc2c(-c2ccc3ccccc3c2)c2ccccc12. The summed E-state index contributed by atoms with van der Waals surface area (Å²) in [5, 5.41) is 7.54. The van der Waals surface area contributed by atoms with Crippen molar-refractivity contribution in [2.75, 3.05) is 0 Å². The van der Waals surface area contributed by atoms with Gasteiger partial charge in [-0.3, -0.25) is 9.97 Å². The Morgan fingerprint density at radius 1 is 0.442 bits per heavy atom. The number of pyridine rings is 2. The molecule has 8 rings (SSSR count). The van der Waals surface area contributed by atoms with Gasteiger partial charge in [0.15, 0.2) is 0 Å². The van der Waals surface area contributed by atoms with E-state index in [1.54, 1.807) is 6.20 Å². The van der Waals surface area contributed by atoms with Gasteiger partial charge < -0.3 is 0 Å². The number of fused-ring (bicyclic) bond motifs is 3. The van der Waals surface area contributed by atoms with E-state index in [1.807, 2.05) is 18.5 Å². The maximum absolute atomic E-state index is 4.90. The summed E-state index contributed by atoms with van der Waals surface area (Å²) in [6.45, 7) is 2.22. The first-order valence-corrected chi connectivity index (χ1v) is 14.7. The van der Waals surface area contributed by atoms with Gasteiger partial charge in [0.1, 0.15) is 0 Å². The standard InChI is InChI=1S/C41H28N2/c1-27-33(39-22-21-32(26-43-39)31-12-9-23-42-25-31)17-8-18-34(27)41-37-15-6-4-13-35(37)40(36-14-5-7-16-38(36)41)30-20-19-28-10-2-3-11-29(28)24-30/h2-26H,1H3. The van der Waals surface area contributed by atoms with E-state index in [0.29, 0.717) is 0 Å². The summed E-state index contributed by atoms with van der Waals surface area (Å²) < 4.78 is 0. The Kier molecular flexibility index (Phi) is 6.05. The molecule has 0 spiro atoms. The van der Waals surface area contributed by atoms with Crippen molar-refractivity contribution in [1.29, 1.82) is 0 Å². The number of aromatic nitrogens is 2. The van der Waals surface area contributed by atoms with Crippen LogP contribution in [0.25, 0.3) is 77.0 Å². The molecule has 0 saturated carbocycles. The first-order valence-electron chi connectivity index (χ1n) is 14.7. The summed E-state index contributed by atoms with van der Waals surface area (Å²) >= 11 is 0. The lowest BCUT2D eigenvalue weighted by Crippen LogP contribution is -1.95. The van der Waals surface area contributed by atoms with Crippen molar-refractivity contribution in [3.63, 3.8) is 0 Å². The summed E-state index contributed by atoms with van der Waals surface area (Å²) in [7, 11) is 0. The third-order valence-corrected chi connectivity index (χ3v) is 8.61. The smallest absolute Gasteiger partial charge is 0.0705 e. The highest BCUT2D eigenvalue weighted by Gasteiger charge is 2.19. The van der Waals surface area contributed by atoms with Crippen LogP contribution in [-0.4, -0.2) is 9.97 Å². The Balaban J connectivity index is 1.35. The molecule has 0 saturated heterocycles. The molecule has 0 radical (unpaired) electrons. The van der Waals surface area contributed by atoms with Gasteiger partial charge in [-0.2, -0.15) is 0 Å². The zero-order valence-electron chi connectivity index (χ0n) is 23.8. The average Bonchev–Trinajstić information content (AvgIpc) is 3.08. The van der Waals surface area contributed by atoms with E-state index in [0.717, 1.165) is 22.4 Å². The molecule has 0 unspecified atom stereocenters. The number of rotatable bonds is 4. The van der Waals surface area contributed by atoms with Gasteiger partial charge in [0.05, 0.1) is 5.69 Å². The summed E-state index contributed by atoms with van der Waals surface area (Å²) in [5.74, 6) is 0. The van der Waals surface area contributed by atoms with Crippen molar-refractivity contribution in [1.82, 2.24) is 9.97 Å². The lowest BCUT2D eigenvalue weighted by molar-refractivity contribution is 1.29. The molecule has 0 atom stereocenters. The van der Waals surface area contributed by atoms with Crippen molar-refractivity contribution < 1.29 is 0 Å². The van der Waals surface area contributed by atoms with Crippen LogP contribution in [0.4, 0.5) is 0 Å². The van der Waals surface area contributed by atoms with E-state index < -0.39 is 0 Å². The van der Waals surface area contributed by atoms with Crippen LogP contribution in [0, 0.1) is 6.92 Å². The number of benzene rings is 6. The van der Waals surface area contributed by atoms with Crippen LogP contribution >= 0.6 is 0 Å². The van der Waals surface area contributed by atoms with Gasteiger partial charge >= 0.3 is 0 Å². The molecule has 2 heterocycles. The fraction of sp³-hybridized carbons (Fsp3) is 0.0244. The van der Waals surface area contributed by atoms with Gasteiger partial charge in [-0.1, -0.05) is 115 Å². The second kappa shape index (κ2) is 10.3. The van der Waals surface area contributed by atoms with E-state index in [9.17, 15) is 0 Å². The topological polar surface area (TPSA) is 25.8 Å². The third-order valence-electron chi connectivity index (χ3n) is 8.61. The van der Waals surface area contributed by atoms with Crippen LogP contribution < -0.4 is 0 Å². The number of hydrogen-bond donors (Lipinski definition) is 0. The minimum Gasteiger partial charge on any atom is -0.264 e. The molecule has 0 fully saturated rings. The van der Waals surface area contributed by atoms with E-state index >= 15 is 0 Å². The lowest BCUT2D eigenvalue weighted by Gasteiger charge is -2.20. The van der Waals surface area contributed by atoms with Crippen molar-refractivity contribution in [3.8, 4) is 44.6 Å². The van der Waals surface area contributed by atoms with E-state index in [-0.39, 0.29) is 0 Å². The molecule has 8 aromatic rings. The van der Waals surface area contributed by atoms with Crippen LogP contribution in [-0.2, 0) is 0 Å². The molecule has 2 aromatic heterocycles. The summed E-state index contributed by atoms with van der Waals surface area (Å²) in [6.07, 6.45) is 5.61. The van der Waals surface area contributed by atoms with E-state index in [1.165, 1.54) is 60.1 Å². The van der Waals surface area contributed by atoms with Crippen LogP contribution in [0.2, 0.25) is 0 Å². The molecule has 2 heteroatoms. The fourth-order valence-corrected chi connectivity index (χ4v) is 6.52. The highest BCUT2D eigenvalue weighted by Crippen LogP contribution is 2.45. The molecule has 43 heavy (non-hydrogen) atoms. The molecule has 0 aliphatic carbocycles. The van der Waals surface area contributed by atoms with Gasteiger partial charge in [0, 0.05) is 35.3 Å². The molecule has 0 N–H and O–H groups in total. The number of hydrogen-bond acceptors (Lipinski definition) is 2. The molecular weight excluding hydrogens is 520 g/mol. The third kappa shape index (κ3) is 4.27. The van der Waals surface area contributed by atoms with Gasteiger partial charge in [-0.25, -0.2) is 0 Å². The Morgan fingerprint density at radius 3 is 1.74 bits per heavy atom. The van der Waals surface area contributed by atoms with Crippen molar-refractivity contribution in [2.45, 2.75) is 6.92 Å². The largest absolute Gasteiger partial charge is 0.264 e. The summed E-state index contributed by atoms with van der Waals surface area (Å²) in [5.41, 5.74) is 10.5. The van der Waals surface area contributed by atoms with Gasteiger partial charge in [-0.15, -0.1) is 0 Å². The second-order valence-electron chi connectivity index (χ2n) is 11.1. The normalized spacial score (nSPS) is 11.4. The first kappa shape index (κ1) is 25.1. The average molecular weight is 549 g/mol. The van der Waals surface area contributed by atoms with Crippen LogP contribution in [0.5, 0.6) is 0 Å². The van der Waals surface area contributed by atoms with E-state index in [4.69, 9.17) is 4.98 Å². The molecular formula is C41H28N2. The zero-order valence-corrected chi connectivity index (χ0v) is 23.8. The van der Waals surface area contributed by atoms with Crippen molar-refractivity contribution in [2.24, 2.45) is 0 Å². The van der Waals surface area contributed by atoms with Crippen LogP contribution in [0.15, 0.2) is 152 Å². The Labute approximate surface area is 251 Å². The first-order chi connectivity index (χ1) is 21.3. The second-order valence-corrected chi connectivity index (χ2v) is 11.1. The van der Waals surface area contributed by atoms with Gasteiger partial charge in [-0.05, 0) is 85.3 Å². The minimum absolute atomic E-state index is 0.966. The quantitative estimate of drug-likeness (QED) is 0.204. The zero-order chi connectivity index (χ0) is 28.8. The van der Waals surface area contributed by atoms with Gasteiger partial charge in [0.25, 0.3) is 0 Å². The minimum atomic E-state index is 0.966. The molecule has 0 aliphatic rings. The predicted octanol–water partition coefficient (Wildman–Crippen LogP) is 10.9. The highest BCUT2D eigenvalue weighted by molar-refractivity contribution is 6.22. The molecule has 2 nitrogen and oxygen atoms in total. The van der Waals surface area contributed by atoms with Crippen molar-refractivity contribution in [3.05, 3.63) is 158 Å². The molecule has 202 valence electrons. The fourth-order valence-electron chi connectivity index (χ4n) is 6.52. The van der Waals surface area contributed by atoms with Gasteiger partial charge in [0.2, 0.25) is 0 Å². The summed E-state index contributed by atoms with van der Waals surface area (Å²) in [6, 6.07) is 48.0. The predicted molar refractivity (Wildman–Crippen MR) is 181 cm³/mol. The lowest BCUT2D eigenvalue weighted by atomic mass is 9.83. The van der Waals surface area contributed by atoms with Crippen LogP contribution in [0.3, 0.4) is 0 Å². The van der Waals surface area contributed by atoms with Crippen molar-refractivity contribution >= 4 is 32.3 Å². The maximum Gasteiger partial charge on any atom is 0.0705 e. The molecule has 6 aromatic carbocycles.